The molecule has 3 aromatic rings. The van der Waals surface area contributed by atoms with E-state index in [1.807, 2.05) is 18.2 Å². The van der Waals surface area contributed by atoms with Crippen molar-refractivity contribution < 1.29 is 9.53 Å². The maximum atomic E-state index is 12.3. The van der Waals surface area contributed by atoms with E-state index in [-0.39, 0.29) is 0 Å². The molecule has 0 radical (unpaired) electrons. The molecule has 0 aliphatic carbocycles. The van der Waals surface area contributed by atoms with Crippen LogP contribution in [0.2, 0.25) is 0 Å². The lowest BCUT2D eigenvalue weighted by Crippen LogP contribution is -2.21. The zero-order chi connectivity index (χ0) is 20.1. The molecule has 0 spiro atoms. The summed E-state index contributed by atoms with van der Waals surface area (Å²) in [5.74, 6) is 1.93. The van der Waals surface area contributed by atoms with Crippen LogP contribution in [0.15, 0.2) is 48.1 Å². The Morgan fingerprint density at radius 1 is 1.21 bits per heavy atom. The normalized spacial score (nSPS) is 16.5. The van der Waals surface area contributed by atoms with Crippen LogP contribution in [0.1, 0.15) is 6.42 Å². The number of rotatable bonds is 6. The number of aromatic nitrogens is 3. The second kappa shape index (κ2) is 8.97. The van der Waals surface area contributed by atoms with E-state index >= 15 is 0 Å². The summed E-state index contributed by atoms with van der Waals surface area (Å²) in [4.78, 5) is 27.4. The van der Waals surface area contributed by atoms with Gasteiger partial charge in [0.05, 0.1) is 6.61 Å². The van der Waals surface area contributed by atoms with Gasteiger partial charge in [-0.3, -0.25) is 15.6 Å². The zero-order valence-electron chi connectivity index (χ0n) is 16.0. The van der Waals surface area contributed by atoms with Gasteiger partial charge in [0.2, 0.25) is 5.88 Å². The fraction of sp³-hybridized carbons (Fsp3) is 0.300. The molecule has 29 heavy (non-hydrogen) atoms. The van der Waals surface area contributed by atoms with Gasteiger partial charge in [0.25, 0.3) is 0 Å². The van der Waals surface area contributed by atoms with Gasteiger partial charge in [0.15, 0.2) is 0 Å². The highest BCUT2D eigenvalue weighted by molar-refractivity contribution is 7.13. The minimum Gasteiger partial charge on any atom is -0.477 e. The molecule has 2 N–H and O–H groups in total. The number of likely N-dealkylation sites (tertiary alicyclic amines) is 1. The number of hydrogen-bond acceptors (Lipinski definition) is 7. The second-order valence-electron chi connectivity index (χ2n) is 6.94. The Kier molecular flexibility index (Phi) is 5.97. The molecular weight excluding hydrogens is 388 g/mol. The Morgan fingerprint density at radius 2 is 2.03 bits per heavy atom. The predicted octanol–water partition coefficient (Wildman–Crippen LogP) is 3.57. The van der Waals surface area contributed by atoms with Gasteiger partial charge in [-0.15, -0.1) is 11.3 Å². The molecule has 1 aliphatic rings. The van der Waals surface area contributed by atoms with E-state index < -0.39 is 6.03 Å². The third-order valence-corrected chi connectivity index (χ3v) is 5.49. The Labute approximate surface area is 173 Å². The smallest absolute Gasteiger partial charge is 0.326 e. The molecule has 1 unspecified atom stereocenters. The number of nitrogens with one attached hydrogen (secondary N) is 2. The minimum absolute atomic E-state index is 0.404. The minimum atomic E-state index is -0.404. The van der Waals surface area contributed by atoms with Crippen molar-refractivity contribution in [2.45, 2.75) is 6.42 Å². The first-order chi connectivity index (χ1) is 14.2. The zero-order valence-corrected chi connectivity index (χ0v) is 16.9. The van der Waals surface area contributed by atoms with E-state index in [2.05, 4.69) is 37.5 Å². The van der Waals surface area contributed by atoms with Gasteiger partial charge < -0.3 is 9.64 Å². The van der Waals surface area contributed by atoms with Crippen molar-refractivity contribution in [3.63, 3.8) is 0 Å². The molecule has 150 valence electrons. The van der Waals surface area contributed by atoms with Gasteiger partial charge in [-0.25, -0.2) is 9.78 Å². The average molecular weight is 411 g/mol. The number of anilines is 2. The molecule has 4 heterocycles. The number of amides is 2. The Balaban J connectivity index is 1.31. The third-order valence-electron chi connectivity index (χ3n) is 4.59. The summed E-state index contributed by atoms with van der Waals surface area (Å²) in [6.07, 6.45) is 4.55. The first kappa shape index (κ1) is 19.3. The topological polar surface area (TPSA) is 92.3 Å². The van der Waals surface area contributed by atoms with E-state index in [0.717, 1.165) is 30.1 Å². The van der Waals surface area contributed by atoms with Crippen molar-refractivity contribution in [1.82, 2.24) is 19.9 Å². The molecule has 0 saturated carbocycles. The number of hydrogen-bond donors (Lipinski definition) is 2. The molecular formula is C20H22N6O2S. The van der Waals surface area contributed by atoms with Crippen molar-refractivity contribution in [3.8, 4) is 16.5 Å². The van der Waals surface area contributed by atoms with Gasteiger partial charge in [-0.1, -0.05) is 6.07 Å². The molecule has 9 heteroatoms. The molecule has 1 aliphatic heterocycles. The fourth-order valence-electron chi connectivity index (χ4n) is 3.15. The van der Waals surface area contributed by atoms with Crippen molar-refractivity contribution in [2.75, 3.05) is 37.4 Å². The molecule has 0 aromatic carbocycles. The van der Waals surface area contributed by atoms with Crippen LogP contribution in [0.25, 0.3) is 10.6 Å². The van der Waals surface area contributed by atoms with Crippen molar-refractivity contribution in [2.24, 2.45) is 5.92 Å². The Bertz CT molecular complexity index is 964. The van der Waals surface area contributed by atoms with Crippen molar-refractivity contribution in [1.29, 1.82) is 0 Å². The SMILES string of the molecule is CN1CCC(COc2cccc(NC(=O)Nc3csc(-c4ccncc4)n3)n2)C1. The highest BCUT2D eigenvalue weighted by Crippen LogP contribution is 2.25. The highest BCUT2D eigenvalue weighted by atomic mass is 32.1. The summed E-state index contributed by atoms with van der Waals surface area (Å²) in [6, 6.07) is 8.67. The van der Waals surface area contributed by atoms with Crippen LogP contribution in [0, 0.1) is 5.92 Å². The molecule has 4 rings (SSSR count). The van der Waals surface area contributed by atoms with Gasteiger partial charge in [-0.05, 0) is 38.2 Å². The summed E-state index contributed by atoms with van der Waals surface area (Å²) in [5, 5.41) is 8.06. The summed E-state index contributed by atoms with van der Waals surface area (Å²) in [5.41, 5.74) is 0.957. The quantitative estimate of drug-likeness (QED) is 0.645. The number of urea groups is 1. The molecule has 0 bridgehead atoms. The van der Waals surface area contributed by atoms with Crippen LogP contribution in [0.4, 0.5) is 16.4 Å². The number of nitrogens with zero attached hydrogens (tertiary/aromatic N) is 4. The van der Waals surface area contributed by atoms with E-state index in [9.17, 15) is 4.79 Å². The highest BCUT2D eigenvalue weighted by Gasteiger charge is 2.20. The molecule has 1 fully saturated rings. The Morgan fingerprint density at radius 3 is 2.83 bits per heavy atom. The number of carbonyl (C=O) groups excluding carboxylic acids is 1. The monoisotopic (exact) mass is 410 g/mol. The van der Waals surface area contributed by atoms with Crippen molar-refractivity contribution >= 4 is 29.0 Å². The first-order valence-electron chi connectivity index (χ1n) is 9.38. The lowest BCUT2D eigenvalue weighted by molar-refractivity contribution is 0.241. The van der Waals surface area contributed by atoms with Gasteiger partial charge in [-0.2, -0.15) is 4.98 Å². The lowest BCUT2D eigenvalue weighted by atomic mass is 10.1. The van der Waals surface area contributed by atoms with Gasteiger partial charge in [0, 0.05) is 41.9 Å². The molecule has 1 saturated heterocycles. The average Bonchev–Trinajstić information content (AvgIpc) is 3.36. The number of thiazole rings is 1. The largest absolute Gasteiger partial charge is 0.477 e. The lowest BCUT2D eigenvalue weighted by Gasteiger charge is -2.12. The number of carbonyl (C=O) groups is 1. The van der Waals surface area contributed by atoms with E-state index in [1.165, 1.54) is 11.3 Å². The summed E-state index contributed by atoms with van der Waals surface area (Å²) < 4.78 is 5.81. The van der Waals surface area contributed by atoms with Gasteiger partial charge >= 0.3 is 6.03 Å². The predicted molar refractivity (Wildman–Crippen MR) is 113 cm³/mol. The van der Waals surface area contributed by atoms with Crippen LogP contribution in [0.5, 0.6) is 5.88 Å². The van der Waals surface area contributed by atoms with E-state index in [4.69, 9.17) is 4.74 Å². The van der Waals surface area contributed by atoms with Crippen LogP contribution in [0.3, 0.4) is 0 Å². The molecule has 3 aromatic heterocycles. The standard InChI is InChI=1S/C20H22N6O2S/c1-26-10-7-14(11-26)12-28-18-4-2-3-16(22-18)24-20(27)25-17-13-29-19(23-17)15-5-8-21-9-6-15/h2-6,8-9,13-14H,7,10-12H2,1H3,(H2,22,24,25,27). The van der Waals surface area contributed by atoms with Crippen LogP contribution < -0.4 is 15.4 Å². The summed E-state index contributed by atoms with van der Waals surface area (Å²) in [6.45, 7) is 2.77. The number of ether oxygens (including phenoxy) is 1. The Hall–Kier alpha value is -3.04. The third kappa shape index (κ3) is 5.27. The van der Waals surface area contributed by atoms with Crippen LogP contribution in [-0.4, -0.2) is 52.6 Å². The van der Waals surface area contributed by atoms with E-state index in [1.54, 1.807) is 29.9 Å². The maximum absolute atomic E-state index is 12.3. The maximum Gasteiger partial charge on any atom is 0.326 e. The molecule has 2 amide bonds. The van der Waals surface area contributed by atoms with Crippen molar-refractivity contribution in [3.05, 3.63) is 48.1 Å². The van der Waals surface area contributed by atoms with E-state index in [0.29, 0.717) is 30.0 Å². The summed E-state index contributed by atoms with van der Waals surface area (Å²) >= 11 is 1.45. The molecule has 8 nitrogen and oxygen atoms in total. The molecule has 1 atom stereocenters. The number of pyridine rings is 2. The first-order valence-corrected chi connectivity index (χ1v) is 10.3. The second-order valence-corrected chi connectivity index (χ2v) is 7.80. The fourth-order valence-corrected chi connectivity index (χ4v) is 3.91. The summed E-state index contributed by atoms with van der Waals surface area (Å²) in [7, 11) is 2.11. The van der Waals surface area contributed by atoms with Gasteiger partial charge in [0.1, 0.15) is 16.6 Å². The van der Waals surface area contributed by atoms with Crippen LogP contribution >= 0.6 is 11.3 Å². The van der Waals surface area contributed by atoms with Crippen LogP contribution in [-0.2, 0) is 0 Å².